The second-order valence-electron chi connectivity index (χ2n) is 7.88. The molecule has 1 N–H and O–H groups in total. The number of hydrogen-bond acceptors (Lipinski definition) is 5. The maximum Gasteiger partial charge on any atom is 0.134 e. The third kappa shape index (κ3) is 4.14. The zero-order chi connectivity index (χ0) is 16.3. The molecule has 1 aromatic heterocycles. The van der Waals surface area contributed by atoms with Gasteiger partial charge < -0.3 is 14.9 Å². The van der Waals surface area contributed by atoms with Crippen LogP contribution in [-0.2, 0) is 0 Å². The highest BCUT2D eigenvalue weighted by Crippen LogP contribution is 2.32. The number of aliphatic hydroxyl groups is 1. The van der Waals surface area contributed by atoms with E-state index in [4.69, 9.17) is 0 Å². The van der Waals surface area contributed by atoms with Gasteiger partial charge in [-0.2, -0.15) is 0 Å². The molecule has 3 rings (SSSR count). The first kappa shape index (κ1) is 16.5. The van der Waals surface area contributed by atoms with Gasteiger partial charge in [0.05, 0.1) is 0 Å². The highest BCUT2D eigenvalue weighted by Gasteiger charge is 2.25. The van der Waals surface area contributed by atoms with Gasteiger partial charge in [-0.05, 0) is 43.4 Å². The van der Waals surface area contributed by atoms with Gasteiger partial charge in [-0.3, -0.25) is 0 Å². The molecule has 5 nitrogen and oxygen atoms in total. The van der Waals surface area contributed by atoms with Gasteiger partial charge in [0, 0.05) is 38.9 Å². The van der Waals surface area contributed by atoms with E-state index >= 15 is 0 Å². The van der Waals surface area contributed by atoms with Crippen molar-refractivity contribution >= 4 is 11.6 Å². The fraction of sp³-hybridized carbons (Fsp3) is 0.778. The lowest BCUT2D eigenvalue weighted by molar-refractivity contribution is 0.208. The molecule has 0 radical (unpaired) electrons. The molecule has 1 aromatic rings. The second-order valence-corrected chi connectivity index (χ2v) is 7.88. The third-order valence-corrected chi connectivity index (χ3v) is 5.40. The van der Waals surface area contributed by atoms with E-state index in [1.165, 1.54) is 19.3 Å². The molecular formula is C18H30N4O. The van der Waals surface area contributed by atoms with E-state index in [0.717, 1.165) is 50.7 Å². The minimum absolute atomic E-state index is 0.273. The fourth-order valence-corrected chi connectivity index (χ4v) is 3.76. The molecule has 2 saturated heterocycles. The molecule has 0 saturated carbocycles. The number of nitrogens with zero attached hydrogens (tertiary/aromatic N) is 4. The molecule has 0 bridgehead atoms. The topological polar surface area (TPSA) is 52.5 Å². The molecule has 0 aliphatic carbocycles. The van der Waals surface area contributed by atoms with Crippen LogP contribution in [0.4, 0.5) is 11.6 Å². The van der Waals surface area contributed by atoms with Crippen molar-refractivity contribution in [3.05, 3.63) is 12.4 Å². The molecule has 0 spiro atoms. The Bertz CT molecular complexity index is 519. The summed E-state index contributed by atoms with van der Waals surface area (Å²) in [5, 5.41) is 9.43. The fourth-order valence-electron chi connectivity index (χ4n) is 3.76. The first-order valence-electron chi connectivity index (χ1n) is 9.00. The van der Waals surface area contributed by atoms with E-state index in [9.17, 15) is 5.11 Å². The molecule has 1 unspecified atom stereocenters. The highest BCUT2D eigenvalue weighted by molar-refractivity contribution is 5.50. The van der Waals surface area contributed by atoms with Crippen molar-refractivity contribution < 1.29 is 5.11 Å². The molecule has 2 aliphatic rings. The van der Waals surface area contributed by atoms with Crippen LogP contribution in [0.25, 0.3) is 0 Å². The molecule has 0 aromatic carbocycles. The first-order valence-corrected chi connectivity index (χ1v) is 9.00. The Morgan fingerprint density at radius 1 is 1.09 bits per heavy atom. The van der Waals surface area contributed by atoms with Crippen molar-refractivity contribution in [1.82, 2.24) is 9.97 Å². The average molecular weight is 318 g/mol. The van der Waals surface area contributed by atoms with E-state index in [2.05, 4.69) is 39.7 Å². The smallest absolute Gasteiger partial charge is 0.134 e. The predicted octanol–water partition coefficient (Wildman–Crippen LogP) is 2.70. The van der Waals surface area contributed by atoms with Crippen molar-refractivity contribution in [2.75, 3.05) is 42.6 Å². The maximum absolute atomic E-state index is 9.43. The first-order chi connectivity index (χ1) is 11.1. The molecule has 2 aliphatic heterocycles. The van der Waals surface area contributed by atoms with Crippen LogP contribution in [-0.4, -0.2) is 47.9 Å². The van der Waals surface area contributed by atoms with Crippen LogP contribution in [0, 0.1) is 11.3 Å². The van der Waals surface area contributed by atoms with E-state index in [1.54, 1.807) is 6.33 Å². The van der Waals surface area contributed by atoms with Gasteiger partial charge >= 0.3 is 0 Å². The number of anilines is 2. The summed E-state index contributed by atoms with van der Waals surface area (Å²) >= 11 is 0. The van der Waals surface area contributed by atoms with Crippen LogP contribution in [0.15, 0.2) is 12.4 Å². The van der Waals surface area contributed by atoms with Crippen LogP contribution < -0.4 is 9.80 Å². The molecular weight excluding hydrogens is 288 g/mol. The molecule has 5 heteroatoms. The van der Waals surface area contributed by atoms with E-state index < -0.39 is 0 Å². The summed E-state index contributed by atoms with van der Waals surface area (Å²) in [6, 6.07) is 2.14. The van der Waals surface area contributed by atoms with E-state index in [-0.39, 0.29) is 6.61 Å². The SMILES string of the molecule is CC1(C)CCCN(c2cc(N3CCCC(CO)C3)ncn2)CC1. The lowest BCUT2D eigenvalue weighted by atomic mass is 9.85. The van der Waals surface area contributed by atoms with Gasteiger partial charge in [-0.25, -0.2) is 9.97 Å². The zero-order valence-corrected chi connectivity index (χ0v) is 14.5. The zero-order valence-electron chi connectivity index (χ0n) is 14.5. The Morgan fingerprint density at radius 2 is 1.83 bits per heavy atom. The van der Waals surface area contributed by atoms with Gasteiger partial charge in [0.15, 0.2) is 0 Å². The maximum atomic E-state index is 9.43. The third-order valence-electron chi connectivity index (χ3n) is 5.40. The normalized spacial score (nSPS) is 25.3. The predicted molar refractivity (Wildman–Crippen MR) is 93.9 cm³/mol. The van der Waals surface area contributed by atoms with Gasteiger partial charge in [0.2, 0.25) is 0 Å². The summed E-state index contributed by atoms with van der Waals surface area (Å²) in [7, 11) is 0. The summed E-state index contributed by atoms with van der Waals surface area (Å²) in [6.07, 6.45) is 7.66. The number of piperidine rings is 1. The minimum atomic E-state index is 0.273. The summed E-state index contributed by atoms with van der Waals surface area (Å²) in [6.45, 7) is 9.09. The quantitative estimate of drug-likeness (QED) is 0.928. The van der Waals surface area contributed by atoms with Gasteiger partial charge in [-0.15, -0.1) is 0 Å². The number of hydrogen-bond donors (Lipinski definition) is 1. The summed E-state index contributed by atoms with van der Waals surface area (Å²) in [5.74, 6) is 2.44. The van der Waals surface area contributed by atoms with Crippen molar-refractivity contribution in [2.45, 2.75) is 46.0 Å². The Hall–Kier alpha value is -1.36. The summed E-state index contributed by atoms with van der Waals surface area (Å²) in [5.41, 5.74) is 0.436. The summed E-state index contributed by atoms with van der Waals surface area (Å²) < 4.78 is 0. The van der Waals surface area contributed by atoms with Crippen LogP contribution >= 0.6 is 0 Å². The van der Waals surface area contributed by atoms with Crippen molar-refractivity contribution in [3.8, 4) is 0 Å². The van der Waals surface area contributed by atoms with Crippen molar-refractivity contribution in [3.63, 3.8) is 0 Å². The molecule has 128 valence electrons. The van der Waals surface area contributed by atoms with Crippen LogP contribution in [0.1, 0.15) is 46.0 Å². The lowest BCUT2D eigenvalue weighted by Gasteiger charge is -2.33. The van der Waals surface area contributed by atoms with Crippen LogP contribution in [0.2, 0.25) is 0 Å². The molecule has 23 heavy (non-hydrogen) atoms. The molecule has 2 fully saturated rings. The number of aliphatic hydroxyl groups excluding tert-OH is 1. The average Bonchev–Trinajstić information content (AvgIpc) is 2.76. The minimum Gasteiger partial charge on any atom is -0.396 e. The molecule has 3 heterocycles. The molecule has 1 atom stereocenters. The van der Waals surface area contributed by atoms with E-state index in [1.807, 2.05) is 0 Å². The molecule has 0 amide bonds. The Kier molecular flexibility index (Phi) is 5.05. The van der Waals surface area contributed by atoms with E-state index in [0.29, 0.717) is 11.3 Å². The monoisotopic (exact) mass is 318 g/mol. The number of rotatable bonds is 3. The van der Waals surface area contributed by atoms with Crippen molar-refractivity contribution in [1.29, 1.82) is 0 Å². The Labute approximate surface area is 139 Å². The van der Waals surface area contributed by atoms with Gasteiger partial charge in [0.25, 0.3) is 0 Å². The van der Waals surface area contributed by atoms with Gasteiger partial charge in [0.1, 0.15) is 18.0 Å². The van der Waals surface area contributed by atoms with Crippen LogP contribution in [0.3, 0.4) is 0 Å². The Morgan fingerprint density at radius 3 is 2.61 bits per heavy atom. The van der Waals surface area contributed by atoms with Crippen molar-refractivity contribution in [2.24, 2.45) is 11.3 Å². The second kappa shape index (κ2) is 7.04. The highest BCUT2D eigenvalue weighted by atomic mass is 16.3. The van der Waals surface area contributed by atoms with Crippen LogP contribution in [0.5, 0.6) is 0 Å². The summed E-state index contributed by atoms with van der Waals surface area (Å²) in [4.78, 5) is 13.7. The van der Waals surface area contributed by atoms with Gasteiger partial charge in [-0.1, -0.05) is 13.8 Å². The Balaban J connectivity index is 1.72. The lowest BCUT2D eigenvalue weighted by Crippen LogP contribution is -2.37. The largest absolute Gasteiger partial charge is 0.396 e. The standard InChI is InChI=1S/C18H30N4O/c1-18(2)6-4-9-21(10-7-18)16-11-17(20-14-19-16)22-8-3-5-15(12-22)13-23/h11,14-15,23H,3-10,12-13H2,1-2H3. The number of aromatic nitrogens is 2.